The first-order valence-electron chi connectivity index (χ1n) is 13.8. The van der Waals surface area contributed by atoms with Crippen molar-refractivity contribution < 1.29 is 29.0 Å². The van der Waals surface area contributed by atoms with Crippen molar-refractivity contribution in [2.24, 2.45) is 5.92 Å². The number of carbonyl (C=O) groups excluding carboxylic acids is 2. The van der Waals surface area contributed by atoms with Crippen LogP contribution in [0.3, 0.4) is 0 Å². The highest BCUT2D eigenvalue weighted by atomic mass is 16.6. The van der Waals surface area contributed by atoms with E-state index in [0.717, 1.165) is 17.6 Å². The molecule has 2 aliphatic carbocycles. The van der Waals surface area contributed by atoms with E-state index in [9.17, 15) is 14.4 Å². The fourth-order valence-electron chi connectivity index (χ4n) is 4.68. The Morgan fingerprint density at radius 3 is 1.95 bits per heavy atom. The summed E-state index contributed by atoms with van der Waals surface area (Å²) < 4.78 is 10.1. The Labute approximate surface area is 221 Å². The molecule has 1 amide bonds. The molecule has 1 atom stereocenters. The largest absolute Gasteiger partial charge is 0.481 e. The number of carboxylic acids is 1. The molecular formula is C29H46N2O6. The Balaban J connectivity index is 0.000000308. The van der Waals surface area contributed by atoms with Crippen molar-refractivity contribution in [3.05, 3.63) is 35.9 Å². The Morgan fingerprint density at radius 2 is 1.46 bits per heavy atom. The smallest absolute Gasteiger partial charge is 0.407 e. The topological polar surface area (TPSA) is 114 Å². The van der Waals surface area contributed by atoms with E-state index in [4.69, 9.17) is 14.6 Å². The van der Waals surface area contributed by atoms with Crippen molar-refractivity contribution in [3.63, 3.8) is 0 Å². The molecule has 208 valence electrons. The molecule has 0 spiro atoms. The molecule has 0 saturated heterocycles. The van der Waals surface area contributed by atoms with Crippen LogP contribution in [-0.4, -0.2) is 47.4 Å². The number of carboxylic acid groups (broad SMARTS) is 1. The van der Waals surface area contributed by atoms with Crippen LogP contribution in [0.5, 0.6) is 0 Å². The van der Waals surface area contributed by atoms with Gasteiger partial charge in [0.1, 0.15) is 12.2 Å². The van der Waals surface area contributed by atoms with E-state index in [2.05, 4.69) is 10.6 Å². The lowest BCUT2D eigenvalue weighted by Gasteiger charge is -2.30. The molecule has 1 unspecified atom stereocenters. The van der Waals surface area contributed by atoms with Crippen LogP contribution < -0.4 is 10.6 Å². The highest BCUT2D eigenvalue weighted by Gasteiger charge is 2.26. The van der Waals surface area contributed by atoms with Crippen LogP contribution in [0.15, 0.2) is 30.3 Å². The quantitative estimate of drug-likeness (QED) is 0.365. The van der Waals surface area contributed by atoms with E-state index in [-0.39, 0.29) is 19.6 Å². The Hall–Kier alpha value is -2.61. The van der Waals surface area contributed by atoms with Gasteiger partial charge < -0.3 is 25.2 Å². The summed E-state index contributed by atoms with van der Waals surface area (Å²) in [5.74, 6) is -2.90. The average Bonchev–Trinajstić information content (AvgIpc) is 2.86. The summed E-state index contributed by atoms with van der Waals surface area (Å²) in [5.41, 5.74) is 0.124. The van der Waals surface area contributed by atoms with E-state index in [1.807, 2.05) is 18.2 Å². The zero-order valence-corrected chi connectivity index (χ0v) is 22.8. The van der Waals surface area contributed by atoms with Crippen LogP contribution in [-0.2, 0) is 25.7 Å². The van der Waals surface area contributed by atoms with Crippen LogP contribution in [0.25, 0.3) is 0 Å². The third kappa shape index (κ3) is 14.1. The number of carbonyl (C=O) groups is 3. The number of ether oxygens (including phenoxy) is 2. The van der Waals surface area contributed by atoms with Gasteiger partial charge in [0.15, 0.2) is 0 Å². The monoisotopic (exact) mass is 518 g/mol. The fourth-order valence-corrected chi connectivity index (χ4v) is 4.68. The summed E-state index contributed by atoms with van der Waals surface area (Å²) in [7, 11) is 0. The lowest BCUT2D eigenvalue weighted by atomic mass is 9.91. The molecule has 0 heterocycles. The minimum Gasteiger partial charge on any atom is -0.481 e. The molecule has 2 saturated carbocycles. The van der Waals surface area contributed by atoms with E-state index in [0.29, 0.717) is 0 Å². The molecule has 8 nitrogen and oxygen atoms in total. The number of nitrogens with one attached hydrogen (secondary N) is 2. The van der Waals surface area contributed by atoms with Crippen molar-refractivity contribution in [1.82, 2.24) is 10.6 Å². The van der Waals surface area contributed by atoms with Crippen LogP contribution in [0.1, 0.15) is 97.0 Å². The van der Waals surface area contributed by atoms with E-state index in [1.54, 1.807) is 32.9 Å². The second-order valence-electron chi connectivity index (χ2n) is 11.1. The maximum absolute atomic E-state index is 11.7. The summed E-state index contributed by atoms with van der Waals surface area (Å²) in [4.78, 5) is 34.5. The minimum absolute atomic E-state index is 0.0798. The predicted molar refractivity (Wildman–Crippen MR) is 143 cm³/mol. The molecular weight excluding hydrogens is 472 g/mol. The van der Waals surface area contributed by atoms with Crippen molar-refractivity contribution in [2.45, 2.75) is 116 Å². The van der Waals surface area contributed by atoms with Crippen molar-refractivity contribution >= 4 is 18.0 Å². The predicted octanol–water partition coefficient (Wildman–Crippen LogP) is 5.59. The van der Waals surface area contributed by atoms with E-state index < -0.39 is 29.6 Å². The zero-order chi connectivity index (χ0) is 27.1. The Kier molecular flexibility index (Phi) is 13.5. The molecule has 3 rings (SSSR count). The average molecular weight is 519 g/mol. The van der Waals surface area contributed by atoms with Gasteiger partial charge in [0.2, 0.25) is 0 Å². The van der Waals surface area contributed by atoms with Crippen LogP contribution >= 0.6 is 0 Å². The molecule has 37 heavy (non-hydrogen) atoms. The van der Waals surface area contributed by atoms with Crippen LogP contribution in [0.4, 0.5) is 4.79 Å². The van der Waals surface area contributed by atoms with Gasteiger partial charge in [-0.1, -0.05) is 68.9 Å². The Bertz CT molecular complexity index is 795. The van der Waals surface area contributed by atoms with Crippen molar-refractivity contribution in [3.8, 4) is 0 Å². The third-order valence-corrected chi connectivity index (χ3v) is 6.57. The molecule has 3 N–H and O–H groups in total. The number of hydrogen-bond acceptors (Lipinski definition) is 6. The maximum atomic E-state index is 11.7. The molecule has 1 aromatic carbocycles. The lowest BCUT2D eigenvalue weighted by molar-refractivity contribution is -0.159. The van der Waals surface area contributed by atoms with Gasteiger partial charge in [-0.15, -0.1) is 0 Å². The first kappa shape index (κ1) is 30.6. The van der Waals surface area contributed by atoms with Gasteiger partial charge in [0, 0.05) is 18.6 Å². The van der Waals surface area contributed by atoms with Crippen molar-refractivity contribution in [2.75, 3.05) is 6.54 Å². The molecule has 0 radical (unpaired) electrons. The zero-order valence-electron chi connectivity index (χ0n) is 22.8. The van der Waals surface area contributed by atoms with Gasteiger partial charge in [-0.05, 0) is 52.0 Å². The Morgan fingerprint density at radius 1 is 0.919 bits per heavy atom. The van der Waals surface area contributed by atoms with E-state index in [1.165, 1.54) is 64.2 Å². The molecule has 0 aliphatic heterocycles. The van der Waals surface area contributed by atoms with Crippen LogP contribution in [0.2, 0.25) is 0 Å². The van der Waals surface area contributed by atoms with Gasteiger partial charge >= 0.3 is 18.0 Å². The standard InChI is InChI=1S/C17H23NO6.C12H23N/c1-17(2,3)24-14(19)9-13(15(20)21)10-18-16(22)23-11-12-7-5-4-6-8-12;1-3-7-11(8-4-1)13-12-9-5-2-6-10-12/h4-8,13H,9-11H2,1-3H3,(H,18,22)(H,20,21);11-13H,1-10H2. The summed E-state index contributed by atoms with van der Waals surface area (Å²) in [6, 6.07) is 10.8. The second kappa shape index (κ2) is 16.3. The van der Waals surface area contributed by atoms with Crippen LogP contribution in [0, 0.1) is 5.92 Å². The number of rotatable bonds is 9. The summed E-state index contributed by atoms with van der Waals surface area (Å²) >= 11 is 0. The lowest BCUT2D eigenvalue weighted by Crippen LogP contribution is -2.40. The minimum atomic E-state index is -1.19. The van der Waals surface area contributed by atoms with Crippen molar-refractivity contribution in [1.29, 1.82) is 0 Å². The first-order valence-corrected chi connectivity index (χ1v) is 13.8. The summed E-state index contributed by atoms with van der Waals surface area (Å²) in [6.45, 7) is 4.94. The third-order valence-electron chi connectivity index (χ3n) is 6.57. The normalized spacial score (nSPS) is 17.6. The van der Waals surface area contributed by atoms with Gasteiger partial charge in [0.05, 0.1) is 12.3 Å². The number of alkyl carbamates (subject to hydrolysis) is 1. The van der Waals surface area contributed by atoms with Gasteiger partial charge in [-0.2, -0.15) is 0 Å². The van der Waals surface area contributed by atoms with Gasteiger partial charge in [0.25, 0.3) is 0 Å². The number of aliphatic carboxylic acids is 1. The highest BCUT2D eigenvalue weighted by molar-refractivity contribution is 5.79. The van der Waals surface area contributed by atoms with E-state index >= 15 is 0 Å². The van der Waals surface area contributed by atoms with Gasteiger partial charge in [-0.25, -0.2) is 4.79 Å². The number of hydrogen-bond donors (Lipinski definition) is 3. The number of esters is 1. The number of benzene rings is 1. The fraction of sp³-hybridized carbons (Fsp3) is 0.690. The SMILES string of the molecule is C1CCC(NC2CCCCC2)CC1.CC(C)(C)OC(=O)CC(CNC(=O)OCc1ccccc1)C(=O)O. The summed E-state index contributed by atoms with van der Waals surface area (Å²) in [6.07, 6.45) is 13.5. The van der Waals surface area contributed by atoms with Gasteiger partial charge in [-0.3, -0.25) is 9.59 Å². The summed E-state index contributed by atoms with van der Waals surface area (Å²) in [5, 5.41) is 15.4. The maximum Gasteiger partial charge on any atom is 0.407 e. The highest BCUT2D eigenvalue weighted by Crippen LogP contribution is 2.22. The molecule has 0 bridgehead atoms. The molecule has 0 aromatic heterocycles. The molecule has 8 heteroatoms. The molecule has 2 fully saturated rings. The molecule has 2 aliphatic rings. The second-order valence-corrected chi connectivity index (χ2v) is 11.1. The first-order chi connectivity index (χ1) is 17.6. The molecule has 1 aromatic rings. The number of amides is 1.